The van der Waals surface area contributed by atoms with Crippen LogP contribution in [0.3, 0.4) is 0 Å². The van der Waals surface area contributed by atoms with E-state index in [0.29, 0.717) is 5.09 Å². The molecule has 0 aliphatic rings. The molecule has 0 bridgehead atoms. The van der Waals surface area contributed by atoms with Gasteiger partial charge in [0.05, 0.1) is 0 Å². The number of benzene rings is 1. The fourth-order valence-corrected chi connectivity index (χ4v) is 1.20. The summed E-state index contributed by atoms with van der Waals surface area (Å²) in [5.41, 5.74) is 0. The molecule has 0 saturated carbocycles. The van der Waals surface area contributed by atoms with E-state index in [0.717, 1.165) is 10.8 Å². The lowest BCUT2D eigenvalue weighted by molar-refractivity contribution is 0.483. The van der Waals surface area contributed by atoms with E-state index in [1.54, 1.807) is 6.26 Å². The second-order valence-corrected chi connectivity index (χ2v) is 2.48. The van der Waals surface area contributed by atoms with Gasteiger partial charge in [0.15, 0.2) is 5.09 Å². The molecule has 0 atom stereocenters. The van der Waals surface area contributed by atoms with E-state index in [1.807, 2.05) is 24.3 Å². The van der Waals surface area contributed by atoms with Crippen LogP contribution in [0, 0.1) is 0 Å². The Bertz CT molecular complexity index is 351. The summed E-state index contributed by atoms with van der Waals surface area (Å²) in [7, 11) is 0. The molecule has 2 heteroatoms. The lowest BCUT2D eigenvalue weighted by Gasteiger charge is -1.83. The van der Waals surface area contributed by atoms with Crippen LogP contribution in [0.4, 0.5) is 0 Å². The van der Waals surface area contributed by atoms with E-state index in [-0.39, 0.29) is 0 Å². The first-order chi connectivity index (χ1) is 4.88. The van der Waals surface area contributed by atoms with Gasteiger partial charge < -0.3 is 4.42 Å². The second kappa shape index (κ2) is 1.99. The molecular formula is C8H5OS. The summed E-state index contributed by atoms with van der Waals surface area (Å²) in [5.74, 6) is 0. The van der Waals surface area contributed by atoms with Gasteiger partial charge in [-0.05, 0) is 18.7 Å². The van der Waals surface area contributed by atoms with E-state index < -0.39 is 0 Å². The van der Waals surface area contributed by atoms with Gasteiger partial charge in [-0.25, -0.2) is 0 Å². The van der Waals surface area contributed by atoms with Gasteiger partial charge in [-0.3, -0.25) is 0 Å². The second-order valence-electron chi connectivity index (χ2n) is 2.11. The lowest BCUT2D eigenvalue weighted by Crippen LogP contribution is -1.60. The van der Waals surface area contributed by atoms with Crippen LogP contribution < -0.4 is 0 Å². The Morgan fingerprint density at radius 2 is 2.00 bits per heavy atom. The monoisotopic (exact) mass is 149 g/mol. The van der Waals surface area contributed by atoms with Crippen molar-refractivity contribution in [1.29, 1.82) is 0 Å². The number of hydrogen-bond acceptors (Lipinski definition) is 1. The van der Waals surface area contributed by atoms with Crippen LogP contribution in [-0.2, 0) is 0 Å². The van der Waals surface area contributed by atoms with E-state index in [1.165, 1.54) is 0 Å². The van der Waals surface area contributed by atoms with Crippen LogP contribution in [-0.4, -0.2) is 0 Å². The highest BCUT2D eigenvalue weighted by atomic mass is 32.1. The Balaban J connectivity index is 2.93. The molecule has 0 aliphatic heterocycles. The molecule has 2 rings (SSSR count). The van der Waals surface area contributed by atoms with E-state index in [4.69, 9.17) is 17.0 Å². The summed E-state index contributed by atoms with van der Waals surface area (Å²) in [4.78, 5) is 0. The van der Waals surface area contributed by atoms with E-state index >= 15 is 0 Å². The normalized spacial score (nSPS) is 10.4. The SMILES string of the molecule is [S]c1occ2ccccc12. The number of fused-ring (bicyclic) bond motifs is 1. The van der Waals surface area contributed by atoms with Gasteiger partial charge in [0.25, 0.3) is 0 Å². The van der Waals surface area contributed by atoms with Gasteiger partial charge in [-0.1, -0.05) is 18.2 Å². The van der Waals surface area contributed by atoms with Crippen molar-refractivity contribution < 1.29 is 4.42 Å². The Morgan fingerprint density at radius 1 is 1.20 bits per heavy atom. The Labute approximate surface area is 64.1 Å². The fourth-order valence-electron chi connectivity index (χ4n) is 0.966. The van der Waals surface area contributed by atoms with Crippen molar-refractivity contribution in [2.45, 2.75) is 5.09 Å². The van der Waals surface area contributed by atoms with Crippen molar-refractivity contribution in [3.05, 3.63) is 30.5 Å². The predicted octanol–water partition coefficient (Wildman–Crippen LogP) is 2.99. The van der Waals surface area contributed by atoms with Gasteiger partial charge in [-0.2, -0.15) is 0 Å². The van der Waals surface area contributed by atoms with Gasteiger partial charge >= 0.3 is 0 Å². The van der Waals surface area contributed by atoms with Gasteiger partial charge in [-0.15, -0.1) is 0 Å². The molecular weight excluding hydrogens is 144 g/mol. The summed E-state index contributed by atoms with van der Waals surface area (Å²) in [6.45, 7) is 0. The maximum atomic E-state index is 5.03. The summed E-state index contributed by atoms with van der Waals surface area (Å²) in [5, 5.41) is 2.68. The maximum Gasteiger partial charge on any atom is 0.197 e. The first-order valence-corrected chi connectivity index (χ1v) is 3.42. The van der Waals surface area contributed by atoms with Crippen molar-refractivity contribution in [2.75, 3.05) is 0 Å². The minimum Gasteiger partial charge on any atom is -0.452 e. The molecule has 1 radical (unpaired) electrons. The standard InChI is InChI=1S/C8H5OS/c10-8-7-4-2-1-3-6(7)5-9-8/h1-5H. The van der Waals surface area contributed by atoms with Crippen molar-refractivity contribution in [3.63, 3.8) is 0 Å². The van der Waals surface area contributed by atoms with Crippen molar-refractivity contribution in [1.82, 2.24) is 0 Å². The van der Waals surface area contributed by atoms with Crippen molar-refractivity contribution in [2.24, 2.45) is 0 Å². The van der Waals surface area contributed by atoms with E-state index in [2.05, 4.69) is 0 Å². The quantitative estimate of drug-likeness (QED) is 0.561. The zero-order valence-corrected chi connectivity index (χ0v) is 6.02. The van der Waals surface area contributed by atoms with Crippen LogP contribution in [0.2, 0.25) is 0 Å². The summed E-state index contributed by atoms with van der Waals surface area (Å²) in [6, 6.07) is 7.86. The van der Waals surface area contributed by atoms with Crippen LogP contribution >= 0.6 is 12.6 Å². The molecule has 0 amide bonds. The van der Waals surface area contributed by atoms with Crippen LogP contribution in [0.5, 0.6) is 0 Å². The van der Waals surface area contributed by atoms with Gasteiger partial charge in [0.2, 0.25) is 0 Å². The smallest absolute Gasteiger partial charge is 0.197 e. The molecule has 1 aromatic carbocycles. The molecule has 10 heavy (non-hydrogen) atoms. The average molecular weight is 149 g/mol. The van der Waals surface area contributed by atoms with Gasteiger partial charge in [0, 0.05) is 10.8 Å². The fraction of sp³-hybridized carbons (Fsp3) is 0. The minimum absolute atomic E-state index is 0.579. The zero-order valence-electron chi connectivity index (χ0n) is 5.20. The maximum absolute atomic E-state index is 5.03. The van der Waals surface area contributed by atoms with Crippen LogP contribution in [0.25, 0.3) is 10.8 Å². The molecule has 0 N–H and O–H groups in total. The summed E-state index contributed by atoms with van der Waals surface area (Å²) < 4.78 is 5.03. The zero-order chi connectivity index (χ0) is 6.97. The molecule has 0 fully saturated rings. The first kappa shape index (κ1) is 5.74. The van der Waals surface area contributed by atoms with Crippen molar-refractivity contribution >= 4 is 23.4 Å². The molecule has 0 saturated heterocycles. The van der Waals surface area contributed by atoms with Crippen LogP contribution in [0.1, 0.15) is 0 Å². The molecule has 1 heterocycles. The lowest BCUT2D eigenvalue weighted by atomic mass is 10.2. The molecule has 0 spiro atoms. The number of furan rings is 1. The molecule has 49 valence electrons. The summed E-state index contributed by atoms with van der Waals surface area (Å²) in [6.07, 6.45) is 1.68. The Hall–Kier alpha value is -1.02. The Kier molecular flexibility index (Phi) is 1.14. The predicted molar refractivity (Wildman–Crippen MR) is 42.1 cm³/mol. The number of hydrogen-bond donors (Lipinski definition) is 0. The first-order valence-electron chi connectivity index (χ1n) is 3.01. The third kappa shape index (κ3) is 0.693. The largest absolute Gasteiger partial charge is 0.452 e. The Morgan fingerprint density at radius 3 is 2.80 bits per heavy atom. The topological polar surface area (TPSA) is 13.1 Å². The van der Waals surface area contributed by atoms with E-state index in [9.17, 15) is 0 Å². The molecule has 2 aromatic rings. The third-order valence-electron chi connectivity index (χ3n) is 1.47. The molecule has 1 nitrogen and oxygen atoms in total. The minimum atomic E-state index is 0.579. The van der Waals surface area contributed by atoms with Crippen molar-refractivity contribution in [3.8, 4) is 0 Å². The highest BCUT2D eigenvalue weighted by Crippen LogP contribution is 2.22. The van der Waals surface area contributed by atoms with Crippen LogP contribution in [0.15, 0.2) is 40.0 Å². The average Bonchev–Trinajstić information content (AvgIpc) is 2.34. The molecule has 1 aromatic heterocycles. The highest BCUT2D eigenvalue weighted by Gasteiger charge is 1.99. The highest BCUT2D eigenvalue weighted by molar-refractivity contribution is 7.80. The third-order valence-corrected chi connectivity index (χ3v) is 1.79. The number of rotatable bonds is 0. The van der Waals surface area contributed by atoms with Gasteiger partial charge in [0.1, 0.15) is 6.26 Å². The molecule has 0 aliphatic carbocycles. The summed E-state index contributed by atoms with van der Waals surface area (Å²) >= 11 is 4.92. The molecule has 0 unspecified atom stereocenters.